The molecule has 1 heteroatoms. The smallest absolute Gasteiger partial charge is 0.00248 e. The minimum absolute atomic E-state index is 1.00. The van der Waals surface area contributed by atoms with Crippen LogP contribution in [0.2, 0.25) is 0 Å². The van der Waals surface area contributed by atoms with E-state index in [0.717, 1.165) is 6.42 Å². The van der Waals surface area contributed by atoms with Gasteiger partial charge in [-0.15, -0.1) is 0 Å². The van der Waals surface area contributed by atoms with Crippen LogP contribution in [0.25, 0.3) is 0 Å². The van der Waals surface area contributed by atoms with Crippen molar-refractivity contribution in [1.29, 1.82) is 0 Å². The molecule has 1 radical (unpaired) electrons. The molecule has 0 saturated heterocycles. The number of nitrogens with zero attached hydrogens (tertiary/aromatic N) is 1. The first-order chi connectivity index (χ1) is 8.68. The molecule has 0 rings (SSSR count). The van der Waals surface area contributed by atoms with Gasteiger partial charge >= 0.3 is 0 Å². The summed E-state index contributed by atoms with van der Waals surface area (Å²) in [7, 11) is 4.32. The molecule has 0 heterocycles. The number of unbranched alkanes of at least 4 members (excludes halogenated alkanes) is 9. The van der Waals surface area contributed by atoms with Gasteiger partial charge in [0.1, 0.15) is 0 Å². The van der Waals surface area contributed by atoms with Crippen molar-refractivity contribution in [3.63, 3.8) is 0 Å². The van der Waals surface area contributed by atoms with Crippen LogP contribution in [0, 0.1) is 6.92 Å². The van der Waals surface area contributed by atoms with Gasteiger partial charge in [0.2, 0.25) is 0 Å². The first-order valence-electron chi connectivity index (χ1n) is 8.12. The average molecular weight is 256 g/mol. The first-order valence-corrected chi connectivity index (χ1v) is 8.12. The molecule has 0 aromatic heterocycles. The van der Waals surface area contributed by atoms with Crippen molar-refractivity contribution in [1.82, 2.24) is 4.90 Å². The van der Waals surface area contributed by atoms with Crippen LogP contribution in [0.3, 0.4) is 0 Å². The van der Waals surface area contributed by atoms with E-state index in [9.17, 15) is 0 Å². The van der Waals surface area contributed by atoms with Crippen LogP contribution < -0.4 is 0 Å². The van der Waals surface area contributed by atoms with Crippen molar-refractivity contribution in [3.8, 4) is 0 Å². The Kier molecular flexibility index (Phi) is 21.7. The fourth-order valence-corrected chi connectivity index (χ4v) is 1.92. The third kappa shape index (κ3) is 25.0. The molecular formula is C17H38N. The van der Waals surface area contributed by atoms with Gasteiger partial charge in [-0.2, -0.15) is 0 Å². The van der Waals surface area contributed by atoms with Gasteiger partial charge in [-0.25, -0.2) is 0 Å². The maximum atomic E-state index is 3.49. The maximum absolute atomic E-state index is 3.49. The van der Waals surface area contributed by atoms with Crippen LogP contribution in [-0.2, 0) is 0 Å². The van der Waals surface area contributed by atoms with Gasteiger partial charge in [-0.05, 0) is 27.1 Å². The molecule has 0 aliphatic heterocycles. The lowest BCUT2D eigenvalue weighted by Crippen LogP contribution is -2.12. The van der Waals surface area contributed by atoms with E-state index in [1.54, 1.807) is 0 Å². The van der Waals surface area contributed by atoms with Crippen LogP contribution in [-0.4, -0.2) is 25.5 Å². The van der Waals surface area contributed by atoms with Gasteiger partial charge in [-0.1, -0.05) is 85.0 Å². The van der Waals surface area contributed by atoms with Crippen molar-refractivity contribution in [2.24, 2.45) is 0 Å². The van der Waals surface area contributed by atoms with E-state index in [2.05, 4.69) is 32.8 Å². The zero-order chi connectivity index (χ0) is 14.1. The molecule has 111 valence electrons. The summed E-state index contributed by atoms with van der Waals surface area (Å²) < 4.78 is 0. The average Bonchev–Trinajstić information content (AvgIpc) is 2.32. The molecular weight excluding hydrogens is 218 g/mol. The summed E-state index contributed by atoms with van der Waals surface area (Å²) in [4.78, 5) is 2.28. The standard InChI is InChI=1S/C14H31N.C3H7/c1-4-5-6-7-8-9-10-11-12-13-14-15(2)3;1-3-2/h4-14H2,1-3H3;1,3H2,2H3. The number of rotatable bonds is 11. The SMILES string of the molecule is CCCCCCCCCCCCN(C)C.[CH2]CC. The molecule has 0 spiro atoms. The Morgan fingerprint density at radius 1 is 0.667 bits per heavy atom. The third-order valence-corrected chi connectivity index (χ3v) is 2.96. The van der Waals surface area contributed by atoms with Gasteiger partial charge in [0.05, 0.1) is 0 Å². The Morgan fingerprint density at radius 3 is 1.33 bits per heavy atom. The quantitative estimate of drug-likeness (QED) is 0.429. The highest BCUT2D eigenvalue weighted by Gasteiger charge is 1.93. The van der Waals surface area contributed by atoms with Gasteiger partial charge in [0.15, 0.2) is 0 Å². The van der Waals surface area contributed by atoms with Crippen molar-refractivity contribution < 1.29 is 0 Å². The normalized spacial score (nSPS) is 10.3. The van der Waals surface area contributed by atoms with E-state index in [-0.39, 0.29) is 0 Å². The van der Waals surface area contributed by atoms with Gasteiger partial charge < -0.3 is 4.90 Å². The van der Waals surface area contributed by atoms with Crippen LogP contribution in [0.15, 0.2) is 0 Å². The van der Waals surface area contributed by atoms with Crippen LogP contribution >= 0.6 is 0 Å². The minimum Gasteiger partial charge on any atom is -0.309 e. The second-order valence-corrected chi connectivity index (χ2v) is 5.49. The maximum Gasteiger partial charge on any atom is -0.00248 e. The van der Waals surface area contributed by atoms with E-state index >= 15 is 0 Å². The highest BCUT2D eigenvalue weighted by Crippen LogP contribution is 2.10. The molecule has 0 aliphatic carbocycles. The van der Waals surface area contributed by atoms with Crippen molar-refractivity contribution in [3.05, 3.63) is 6.92 Å². The van der Waals surface area contributed by atoms with Crippen molar-refractivity contribution >= 4 is 0 Å². The topological polar surface area (TPSA) is 3.24 Å². The molecule has 0 amide bonds. The van der Waals surface area contributed by atoms with Crippen LogP contribution in [0.1, 0.15) is 84.5 Å². The van der Waals surface area contributed by atoms with E-state index < -0.39 is 0 Å². The second kappa shape index (κ2) is 19.3. The summed E-state index contributed by atoms with van der Waals surface area (Å²) in [5, 5.41) is 0. The van der Waals surface area contributed by atoms with Crippen molar-refractivity contribution in [2.75, 3.05) is 20.6 Å². The van der Waals surface area contributed by atoms with Crippen molar-refractivity contribution in [2.45, 2.75) is 84.5 Å². The zero-order valence-electron chi connectivity index (χ0n) is 13.6. The predicted octanol–water partition coefficient (Wildman–Crippen LogP) is 5.70. The summed E-state index contributed by atoms with van der Waals surface area (Å²) in [6.45, 7) is 9.04. The molecule has 0 aromatic carbocycles. The molecule has 0 bridgehead atoms. The molecule has 0 aromatic rings. The number of hydrogen-bond acceptors (Lipinski definition) is 1. The van der Waals surface area contributed by atoms with Gasteiger partial charge in [0.25, 0.3) is 0 Å². The largest absolute Gasteiger partial charge is 0.309 e. The van der Waals surface area contributed by atoms with E-state index in [1.807, 2.05) is 6.92 Å². The Morgan fingerprint density at radius 2 is 1.00 bits per heavy atom. The number of hydrogen-bond donors (Lipinski definition) is 0. The van der Waals surface area contributed by atoms with E-state index in [4.69, 9.17) is 0 Å². The highest BCUT2D eigenvalue weighted by molar-refractivity contribution is 4.49. The zero-order valence-corrected chi connectivity index (χ0v) is 13.6. The lowest BCUT2D eigenvalue weighted by atomic mass is 10.1. The van der Waals surface area contributed by atoms with Gasteiger partial charge in [-0.3, -0.25) is 0 Å². The summed E-state index contributed by atoms with van der Waals surface area (Å²) in [5.74, 6) is 0. The molecule has 0 N–H and O–H groups in total. The van der Waals surface area contributed by atoms with Crippen LogP contribution in [0.4, 0.5) is 0 Å². The van der Waals surface area contributed by atoms with E-state index in [1.165, 1.54) is 70.8 Å². The molecule has 0 saturated carbocycles. The molecule has 0 unspecified atom stereocenters. The molecule has 1 nitrogen and oxygen atoms in total. The Hall–Kier alpha value is -0.0400. The Balaban J connectivity index is 0. The molecule has 18 heavy (non-hydrogen) atoms. The minimum atomic E-state index is 1.00. The van der Waals surface area contributed by atoms with Crippen LogP contribution in [0.5, 0.6) is 0 Å². The van der Waals surface area contributed by atoms with E-state index in [0.29, 0.717) is 0 Å². The third-order valence-electron chi connectivity index (χ3n) is 2.96. The monoisotopic (exact) mass is 256 g/mol. The Bertz CT molecular complexity index is 121. The van der Waals surface area contributed by atoms with Gasteiger partial charge in [0, 0.05) is 0 Å². The molecule has 0 atom stereocenters. The lowest BCUT2D eigenvalue weighted by molar-refractivity contribution is 0.389. The summed E-state index contributed by atoms with van der Waals surface area (Å²) in [6, 6.07) is 0. The predicted molar refractivity (Wildman–Crippen MR) is 86.0 cm³/mol. The first kappa shape index (κ1) is 20.3. The highest BCUT2D eigenvalue weighted by atomic mass is 15.0. The second-order valence-electron chi connectivity index (χ2n) is 5.49. The lowest BCUT2D eigenvalue weighted by Gasteiger charge is -2.08. The summed E-state index contributed by atoms with van der Waals surface area (Å²) in [5.41, 5.74) is 0. The molecule has 0 aliphatic rings. The summed E-state index contributed by atoms with van der Waals surface area (Å²) >= 11 is 0. The summed E-state index contributed by atoms with van der Waals surface area (Å²) in [6.07, 6.45) is 15.4. The molecule has 0 fully saturated rings. The fraction of sp³-hybridized carbons (Fsp3) is 0.941. The fourth-order valence-electron chi connectivity index (χ4n) is 1.92. The Labute approximate surface area is 117 Å².